The molecule has 0 saturated carbocycles. The van der Waals surface area contributed by atoms with Crippen LogP contribution in [0.5, 0.6) is 0 Å². The zero-order valence-electron chi connectivity index (χ0n) is 8.22. The molecule has 0 bridgehead atoms. The fourth-order valence-corrected chi connectivity index (χ4v) is 2.03. The molecule has 0 aliphatic heterocycles. The van der Waals surface area contributed by atoms with Gasteiger partial charge in [0.1, 0.15) is 0 Å². The van der Waals surface area contributed by atoms with Crippen molar-refractivity contribution in [3.63, 3.8) is 0 Å². The number of hydrogen-bond donors (Lipinski definition) is 1. The fourth-order valence-electron chi connectivity index (χ4n) is 1.36. The molecule has 1 heterocycles. The first-order chi connectivity index (χ1) is 7.62. The Morgan fingerprint density at radius 2 is 1.71 bits per heavy atom. The van der Waals surface area contributed by atoms with Crippen LogP contribution < -0.4 is 5.73 Å². The number of nitrogens with two attached hydrogens (primary N) is 1. The Morgan fingerprint density at radius 1 is 1.18 bits per heavy atom. The maximum absolute atomic E-state index is 12.3. The maximum atomic E-state index is 12.3. The van der Waals surface area contributed by atoms with Gasteiger partial charge in [0.2, 0.25) is 0 Å². The third-order valence-electron chi connectivity index (χ3n) is 2.05. The number of aromatic nitrogens is 1. The molecule has 0 fully saturated rings. The molecule has 98 valence electrons. The lowest BCUT2D eigenvalue weighted by Crippen LogP contribution is -2.49. The molecule has 0 aromatic carbocycles. The summed E-state index contributed by atoms with van der Waals surface area (Å²) >= 11 is 0.964. The maximum Gasteiger partial charge on any atom is 0.402 e. The second-order valence-corrected chi connectivity index (χ2v) is 4.37. The van der Waals surface area contributed by atoms with Gasteiger partial charge in [-0.25, -0.2) is 0 Å². The van der Waals surface area contributed by atoms with Gasteiger partial charge in [0.05, 0.1) is 5.51 Å². The standard InChI is InChI=1S/C8H8F6N2S/c9-7(10,11)6(8(12,13)14)5(15)1-4-2-16-3-17-4/h2-3,5-6H,1,15H2. The number of halogens is 6. The first-order valence-electron chi connectivity index (χ1n) is 4.38. The summed E-state index contributed by atoms with van der Waals surface area (Å²) in [4.78, 5) is 3.85. The van der Waals surface area contributed by atoms with Crippen LogP contribution in [0.2, 0.25) is 0 Å². The van der Waals surface area contributed by atoms with Crippen LogP contribution in [0.1, 0.15) is 4.88 Å². The summed E-state index contributed by atoms with van der Waals surface area (Å²) in [5.41, 5.74) is 6.34. The minimum absolute atomic E-state index is 0.288. The van der Waals surface area contributed by atoms with Gasteiger partial charge in [-0.2, -0.15) is 26.3 Å². The van der Waals surface area contributed by atoms with E-state index in [0.717, 1.165) is 11.3 Å². The van der Waals surface area contributed by atoms with E-state index in [1.807, 2.05) is 0 Å². The average molecular weight is 278 g/mol. The number of thiazole rings is 1. The van der Waals surface area contributed by atoms with E-state index in [1.54, 1.807) is 0 Å². The van der Waals surface area contributed by atoms with Crippen LogP contribution in [0.3, 0.4) is 0 Å². The molecule has 0 saturated heterocycles. The summed E-state index contributed by atoms with van der Waals surface area (Å²) in [6.45, 7) is 0. The number of alkyl halides is 6. The topological polar surface area (TPSA) is 38.9 Å². The molecule has 0 aliphatic rings. The normalized spacial score (nSPS) is 15.3. The highest BCUT2D eigenvalue weighted by molar-refractivity contribution is 7.09. The molecular weight excluding hydrogens is 270 g/mol. The quantitative estimate of drug-likeness (QED) is 0.863. The Balaban J connectivity index is 2.84. The van der Waals surface area contributed by atoms with Crippen molar-refractivity contribution >= 4 is 11.3 Å². The lowest BCUT2D eigenvalue weighted by molar-refractivity contribution is -0.289. The molecule has 2 nitrogen and oxygen atoms in total. The molecule has 17 heavy (non-hydrogen) atoms. The Hall–Kier alpha value is -0.830. The summed E-state index contributed by atoms with van der Waals surface area (Å²) in [6, 6.07) is -2.06. The number of hydrogen-bond acceptors (Lipinski definition) is 3. The summed E-state index contributed by atoms with van der Waals surface area (Å²) < 4.78 is 73.7. The van der Waals surface area contributed by atoms with Crippen LogP contribution >= 0.6 is 11.3 Å². The average Bonchev–Trinajstić information content (AvgIpc) is 2.49. The van der Waals surface area contributed by atoms with Crippen molar-refractivity contribution in [1.82, 2.24) is 4.98 Å². The minimum Gasteiger partial charge on any atom is -0.326 e. The van der Waals surface area contributed by atoms with E-state index in [-0.39, 0.29) is 4.88 Å². The van der Waals surface area contributed by atoms with Gasteiger partial charge in [-0.1, -0.05) is 0 Å². The Morgan fingerprint density at radius 3 is 2.06 bits per heavy atom. The molecule has 0 radical (unpaired) electrons. The van der Waals surface area contributed by atoms with Crippen LogP contribution in [0, 0.1) is 5.92 Å². The Labute approximate surface area is 96.4 Å². The molecular formula is C8H8F6N2S. The van der Waals surface area contributed by atoms with Crippen LogP contribution in [0.25, 0.3) is 0 Å². The van der Waals surface area contributed by atoms with Crippen LogP contribution in [-0.4, -0.2) is 23.4 Å². The summed E-state index contributed by atoms with van der Waals surface area (Å²) in [6.07, 6.45) is -10.1. The van der Waals surface area contributed by atoms with E-state index in [4.69, 9.17) is 5.73 Å². The van der Waals surface area contributed by atoms with Gasteiger partial charge in [-0.15, -0.1) is 11.3 Å². The van der Waals surface area contributed by atoms with E-state index in [9.17, 15) is 26.3 Å². The zero-order valence-corrected chi connectivity index (χ0v) is 9.03. The van der Waals surface area contributed by atoms with E-state index < -0.39 is 30.7 Å². The molecule has 0 amide bonds. The van der Waals surface area contributed by atoms with Gasteiger partial charge in [0.25, 0.3) is 0 Å². The Kier molecular flexibility index (Phi) is 4.03. The Bertz CT molecular complexity index is 330. The molecule has 0 aliphatic carbocycles. The number of nitrogens with zero attached hydrogens (tertiary/aromatic N) is 1. The van der Waals surface area contributed by atoms with Crippen LogP contribution in [-0.2, 0) is 6.42 Å². The first-order valence-corrected chi connectivity index (χ1v) is 5.26. The highest BCUT2D eigenvalue weighted by atomic mass is 32.1. The third kappa shape index (κ3) is 3.84. The molecule has 0 spiro atoms. The SMILES string of the molecule is NC(Cc1cncs1)C(C(F)(F)F)C(F)(F)F. The fraction of sp³-hybridized carbons (Fsp3) is 0.625. The third-order valence-corrected chi connectivity index (χ3v) is 2.86. The second kappa shape index (κ2) is 4.81. The monoisotopic (exact) mass is 278 g/mol. The van der Waals surface area contributed by atoms with Crippen molar-refractivity contribution in [3.8, 4) is 0 Å². The van der Waals surface area contributed by atoms with Gasteiger partial charge in [0.15, 0.2) is 5.92 Å². The smallest absolute Gasteiger partial charge is 0.326 e. The van der Waals surface area contributed by atoms with Gasteiger partial charge >= 0.3 is 12.4 Å². The van der Waals surface area contributed by atoms with Crippen molar-refractivity contribution in [1.29, 1.82) is 0 Å². The van der Waals surface area contributed by atoms with Gasteiger partial charge in [0, 0.05) is 17.1 Å². The highest BCUT2D eigenvalue weighted by Crippen LogP contribution is 2.41. The predicted octanol–water partition coefficient (Wildman–Crippen LogP) is 2.75. The first kappa shape index (κ1) is 14.2. The van der Waals surface area contributed by atoms with E-state index in [0.29, 0.717) is 0 Å². The van der Waals surface area contributed by atoms with Crippen molar-refractivity contribution < 1.29 is 26.3 Å². The van der Waals surface area contributed by atoms with Crippen molar-refractivity contribution in [2.24, 2.45) is 11.7 Å². The summed E-state index contributed by atoms with van der Waals surface area (Å²) in [7, 11) is 0. The molecule has 1 atom stereocenters. The molecule has 1 unspecified atom stereocenters. The molecule has 1 rings (SSSR count). The van der Waals surface area contributed by atoms with E-state index in [1.165, 1.54) is 11.7 Å². The molecule has 9 heteroatoms. The van der Waals surface area contributed by atoms with Gasteiger partial charge in [-0.05, 0) is 6.42 Å². The molecule has 1 aromatic heterocycles. The van der Waals surface area contributed by atoms with Crippen molar-refractivity contribution in [3.05, 3.63) is 16.6 Å². The zero-order chi connectivity index (χ0) is 13.3. The highest BCUT2D eigenvalue weighted by Gasteiger charge is 2.59. The van der Waals surface area contributed by atoms with E-state index >= 15 is 0 Å². The van der Waals surface area contributed by atoms with Crippen LogP contribution in [0.15, 0.2) is 11.7 Å². The lowest BCUT2D eigenvalue weighted by Gasteiger charge is -2.27. The van der Waals surface area contributed by atoms with Crippen molar-refractivity contribution in [2.45, 2.75) is 24.8 Å². The molecule has 2 N–H and O–H groups in total. The minimum atomic E-state index is -5.40. The number of rotatable bonds is 3. The predicted molar refractivity (Wildman–Crippen MR) is 49.4 cm³/mol. The van der Waals surface area contributed by atoms with Gasteiger partial charge < -0.3 is 5.73 Å². The van der Waals surface area contributed by atoms with Crippen molar-refractivity contribution in [2.75, 3.05) is 0 Å². The summed E-state index contributed by atoms with van der Waals surface area (Å²) in [5, 5.41) is 0. The molecule has 1 aromatic rings. The largest absolute Gasteiger partial charge is 0.402 e. The second-order valence-electron chi connectivity index (χ2n) is 3.40. The lowest BCUT2D eigenvalue weighted by atomic mass is 9.96. The van der Waals surface area contributed by atoms with E-state index in [2.05, 4.69) is 4.98 Å². The van der Waals surface area contributed by atoms with Gasteiger partial charge in [-0.3, -0.25) is 4.98 Å². The summed E-state index contributed by atoms with van der Waals surface area (Å²) in [5.74, 6) is -3.52. The van der Waals surface area contributed by atoms with Crippen LogP contribution in [0.4, 0.5) is 26.3 Å².